The van der Waals surface area contributed by atoms with Crippen molar-refractivity contribution >= 4 is 28.5 Å². The highest BCUT2D eigenvalue weighted by Crippen LogP contribution is 2.12. The lowest BCUT2D eigenvalue weighted by Crippen LogP contribution is -2.12. The second-order valence-corrected chi connectivity index (χ2v) is 4.77. The van der Waals surface area contributed by atoms with Crippen LogP contribution in [0.3, 0.4) is 0 Å². The third kappa shape index (κ3) is 2.82. The molecule has 0 aliphatic carbocycles. The van der Waals surface area contributed by atoms with Crippen LogP contribution in [-0.2, 0) is 6.54 Å². The van der Waals surface area contributed by atoms with Gasteiger partial charge in [0, 0.05) is 17.3 Å². The topological polar surface area (TPSA) is 60.9 Å². The van der Waals surface area contributed by atoms with Crippen molar-refractivity contribution in [3.63, 3.8) is 0 Å². The normalized spacial score (nSPS) is 10.5. The van der Waals surface area contributed by atoms with Crippen LogP contribution in [0.15, 0.2) is 30.6 Å². The summed E-state index contributed by atoms with van der Waals surface area (Å²) >= 11 is 2.12. The van der Waals surface area contributed by atoms with E-state index in [0.29, 0.717) is 11.1 Å². The molecule has 1 aromatic heterocycles. The number of benzene rings is 1. The fourth-order valence-corrected chi connectivity index (χ4v) is 1.89. The van der Waals surface area contributed by atoms with Gasteiger partial charge in [0.25, 0.3) is 0 Å². The van der Waals surface area contributed by atoms with Gasteiger partial charge in [-0.2, -0.15) is 5.10 Å². The summed E-state index contributed by atoms with van der Waals surface area (Å²) in [7, 11) is 0. The van der Waals surface area contributed by atoms with Gasteiger partial charge in [-0.3, -0.25) is 9.48 Å². The maximum absolute atomic E-state index is 13.5. The van der Waals surface area contributed by atoms with Crippen LogP contribution in [0.5, 0.6) is 0 Å². The maximum Gasteiger partial charge on any atom is 0.248 e. The molecule has 17 heavy (non-hydrogen) atoms. The van der Waals surface area contributed by atoms with Crippen molar-refractivity contribution in [1.82, 2.24) is 9.78 Å². The van der Waals surface area contributed by atoms with Gasteiger partial charge in [0.2, 0.25) is 5.91 Å². The van der Waals surface area contributed by atoms with E-state index in [9.17, 15) is 9.18 Å². The molecule has 0 aliphatic rings. The zero-order chi connectivity index (χ0) is 12.4. The lowest BCUT2D eigenvalue weighted by Gasteiger charge is -2.05. The Morgan fingerprint density at radius 2 is 2.29 bits per heavy atom. The Morgan fingerprint density at radius 1 is 1.53 bits per heavy atom. The van der Waals surface area contributed by atoms with E-state index in [1.54, 1.807) is 17.1 Å². The van der Waals surface area contributed by atoms with E-state index < -0.39 is 5.91 Å². The predicted molar refractivity (Wildman–Crippen MR) is 69.0 cm³/mol. The molecule has 0 unspecified atom stereocenters. The molecule has 0 saturated carbocycles. The first kappa shape index (κ1) is 12.0. The molecular formula is C11H9FIN3O. The Balaban J connectivity index is 2.31. The van der Waals surface area contributed by atoms with Gasteiger partial charge in [0.15, 0.2) is 0 Å². The number of rotatable bonds is 3. The number of primary amides is 1. The van der Waals surface area contributed by atoms with Gasteiger partial charge in [-0.15, -0.1) is 0 Å². The molecule has 0 spiro atoms. The fraction of sp³-hybridized carbons (Fsp3) is 0.0909. The molecule has 0 fully saturated rings. The third-order valence-corrected chi connectivity index (χ3v) is 2.82. The Kier molecular flexibility index (Phi) is 3.41. The Hall–Kier alpha value is -1.44. The molecule has 4 nitrogen and oxygen atoms in total. The van der Waals surface area contributed by atoms with Crippen LogP contribution in [0, 0.1) is 9.39 Å². The highest BCUT2D eigenvalue weighted by Gasteiger charge is 2.08. The molecule has 1 aromatic carbocycles. The number of aromatic nitrogens is 2. The van der Waals surface area contributed by atoms with E-state index in [0.717, 1.165) is 3.57 Å². The van der Waals surface area contributed by atoms with Crippen molar-refractivity contribution in [2.75, 3.05) is 0 Å². The first-order chi connectivity index (χ1) is 8.06. The summed E-state index contributed by atoms with van der Waals surface area (Å²) in [5.74, 6) is -0.943. The van der Waals surface area contributed by atoms with Crippen molar-refractivity contribution in [2.24, 2.45) is 5.73 Å². The molecule has 1 amide bonds. The van der Waals surface area contributed by atoms with Gasteiger partial charge >= 0.3 is 0 Å². The number of nitrogens with zero attached hydrogens (tertiary/aromatic N) is 2. The zero-order valence-electron chi connectivity index (χ0n) is 8.73. The molecule has 0 bridgehead atoms. The summed E-state index contributed by atoms with van der Waals surface area (Å²) in [6.45, 7) is 0.274. The Bertz CT molecular complexity index is 568. The molecule has 2 rings (SSSR count). The summed E-state index contributed by atoms with van der Waals surface area (Å²) in [5.41, 5.74) is 5.83. The minimum absolute atomic E-state index is 0.274. The van der Waals surface area contributed by atoms with Crippen LogP contribution >= 0.6 is 22.6 Å². The molecule has 2 N–H and O–H groups in total. The van der Waals surface area contributed by atoms with E-state index in [-0.39, 0.29) is 12.4 Å². The van der Waals surface area contributed by atoms with E-state index in [2.05, 4.69) is 27.7 Å². The van der Waals surface area contributed by atoms with Crippen LogP contribution < -0.4 is 5.73 Å². The summed E-state index contributed by atoms with van der Waals surface area (Å²) in [6, 6.07) is 4.06. The fourth-order valence-electron chi connectivity index (χ4n) is 1.45. The monoisotopic (exact) mass is 345 g/mol. The van der Waals surface area contributed by atoms with Gasteiger partial charge in [-0.05, 0) is 40.8 Å². The molecule has 2 aromatic rings. The lowest BCUT2D eigenvalue weighted by molar-refractivity contribution is 0.1000. The third-order valence-electron chi connectivity index (χ3n) is 2.26. The number of nitrogens with two attached hydrogens (primary N) is 1. The molecule has 88 valence electrons. The second kappa shape index (κ2) is 4.82. The minimum atomic E-state index is -0.568. The van der Waals surface area contributed by atoms with E-state index in [1.807, 2.05) is 0 Å². The van der Waals surface area contributed by atoms with E-state index in [4.69, 9.17) is 5.73 Å². The van der Waals surface area contributed by atoms with Crippen molar-refractivity contribution in [3.8, 4) is 0 Å². The number of amides is 1. The largest absolute Gasteiger partial charge is 0.366 e. The molecule has 1 heterocycles. The van der Waals surface area contributed by atoms with Crippen LogP contribution in [0.4, 0.5) is 4.39 Å². The number of carbonyl (C=O) groups is 1. The van der Waals surface area contributed by atoms with Crippen LogP contribution in [0.2, 0.25) is 0 Å². The average Bonchev–Trinajstić information content (AvgIpc) is 2.67. The molecule has 0 aliphatic heterocycles. The standard InChI is InChI=1S/C11H9FIN3O/c12-10-2-1-7(11(14)17)3-8(10)5-16-6-9(13)4-15-16/h1-4,6H,5H2,(H2,14,17). The first-order valence-corrected chi connectivity index (χ1v) is 5.90. The van der Waals surface area contributed by atoms with Gasteiger partial charge in [-0.1, -0.05) is 0 Å². The van der Waals surface area contributed by atoms with Gasteiger partial charge in [0.1, 0.15) is 5.82 Å². The van der Waals surface area contributed by atoms with Crippen LogP contribution in [0.1, 0.15) is 15.9 Å². The molecular weight excluding hydrogens is 336 g/mol. The second-order valence-electron chi connectivity index (χ2n) is 3.53. The van der Waals surface area contributed by atoms with Crippen LogP contribution in [-0.4, -0.2) is 15.7 Å². The summed E-state index contributed by atoms with van der Waals surface area (Å²) < 4.78 is 16.1. The quantitative estimate of drug-likeness (QED) is 0.862. The van der Waals surface area contributed by atoms with Crippen molar-refractivity contribution < 1.29 is 9.18 Å². The number of hydrogen-bond acceptors (Lipinski definition) is 2. The highest BCUT2D eigenvalue weighted by atomic mass is 127. The number of carbonyl (C=O) groups excluding carboxylic acids is 1. The molecule has 6 heteroatoms. The van der Waals surface area contributed by atoms with E-state index >= 15 is 0 Å². The van der Waals surface area contributed by atoms with Gasteiger partial charge in [0.05, 0.1) is 16.3 Å². The van der Waals surface area contributed by atoms with Crippen LogP contribution in [0.25, 0.3) is 0 Å². The number of halogens is 2. The van der Waals surface area contributed by atoms with Crippen molar-refractivity contribution in [3.05, 3.63) is 51.1 Å². The number of hydrogen-bond donors (Lipinski definition) is 1. The van der Waals surface area contributed by atoms with E-state index in [1.165, 1.54) is 18.2 Å². The minimum Gasteiger partial charge on any atom is -0.366 e. The Morgan fingerprint density at radius 3 is 2.88 bits per heavy atom. The van der Waals surface area contributed by atoms with Crippen molar-refractivity contribution in [1.29, 1.82) is 0 Å². The molecule has 0 radical (unpaired) electrons. The average molecular weight is 345 g/mol. The SMILES string of the molecule is NC(=O)c1ccc(F)c(Cn2cc(I)cn2)c1. The lowest BCUT2D eigenvalue weighted by atomic mass is 10.1. The summed E-state index contributed by atoms with van der Waals surface area (Å²) in [6.07, 6.45) is 3.47. The predicted octanol–water partition coefficient (Wildman–Crippen LogP) is 1.77. The summed E-state index contributed by atoms with van der Waals surface area (Å²) in [5, 5.41) is 4.05. The Labute approximate surface area is 111 Å². The molecule has 0 saturated heterocycles. The van der Waals surface area contributed by atoms with Gasteiger partial charge < -0.3 is 5.73 Å². The smallest absolute Gasteiger partial charge is 0.248 e. The zero-order valence-corrected chi connectivity index (χ0v) is 10.9. The summed E-state index contributed by atoms with van der Waals surface area (Å²) in [4.78, 5) is 11.0. The maximum atomic E-state index is 13.5. The molecule has 0 atom stereocenters. The van der Waals surface area contributed by atoms with Gasteiger partial charge in [-0.25, -0.2) is 4.39 Å². The van der Waals surface area contributed by atoms with Crippen molar-refractivity contribution in [2.45, 2.75) is 6.54 Å². The highest BCUT2D eigenvalue weighted by molar-refractivity contribution is 14.1. The first-order valence-electron chi connectivity index (χ1n) is 4.82.